The first-order chi connectivity index (χ1) is 12.9. The van der Waals surface area contributed by atoms with Crippen LogP contribution in [0.2, 0.25) is 0 Å². The largest absolute Gasteiger partial charge is 0.352 e. The Kier molecular flexibility index (Phi) is 6.94. The average molecular weight is 458 g/mol. The molecule has 1 N–H and O–H groups in total. The Morgan fingerprint density at radius 1 is 1.15 bits per heavy atom. The van der Waals surface area contributed by atoms with Crippen LogP contribution in [0.1, 0.15) is 39.0 Å². The molecular weight excluding hydrogens is 430 g/mol. The number of carbonyl (C=O) groups is 1. The van der Waals surface area contributed by atoms with Crippen LogP contribution in [-0.2, 0) is 14.8 Å². The molecule has 2 aliphatic rings. The number of hydrogen-bond acceptors (Lipinski definition) is 4. The normalized spacial score (nSPS) is 21.7. The van der Waals surface area contributed by atoms with Crippen LogP contribution in [0.5, 0.6) is 0 Å². The van der Waals surface area contributed by atoms with Gasteiger partial charge in [-0.05, 0) is 38.0 Å². The van der Waals surface area contributed by atoms with E-state index in [9.17, 15) is 13.2 Å². The third-order valence-corrected chi connectivity index (χ3v) is 7.97. The van der Waals surface area contributed by atoms with Crippen LogP contribution >= 0.6 is 15.9 Å². The van der Waals surface area contributed by atoms with Crippen molar-refractivity contribution in [2.75, 3.05) is 26.2 Å². The topological polar surface area (TPSA) is 69.7 Å². The summed E-state index contributed by atoms with van der Waals surface area (Å²) in [6.07, 6.45) is 5.77. The molecule has 1 aliphatic carbocycles. The Morgan fingerprint density at radius 3 is 2.44 bits per heavy atom. The molecule has 150 valence electrons. The Labute approximate surface area is 170 Å². The van der Waals surface area contributed by atoms with Gasteiger partial charge in [-0.1, -0.05) is 41.3 Å². The van der Waals surface area contributed by atoms with Crippen molar-refractivity contribution >= 4 is 31.9 Å². The van der Waals surface area contributed by atoms with Gasteiger partial charge < -0.3 is 5.32 Å². The number of rotatable bonds is 5. The maximum atomic E-state index is 12.8. The Bertz CT molecular complexity index is 757. The number of nitrogens with zero attached hydrogens (tertiary/aromatic N) is 2. The van der Waals surface area contributed by atoms with Crippen molar-refractivity contribution < 1.29 is 13.2 Å². The molecule has 0 radical (unpaired) electrons. The van der Waals surface area contributed by atoms with Gasteiger partial charge in [-0.15, -0.1) is 0 Å². The van der Waals surface area contributed by atoms with E-state index in [1.165, 1.54) is 23.6 Å². The van der Waals surface area contributed by atoms with Gasteiger partial charge in [-0.3, -0.25) is 9.69 Å². The molecule has 1 aliphatic heterocycles. The van der Waals surface area contributed by atoms with E-state index in [-0.39, 0.29) is 11.9 Å². The predicted octanol–water partition coefficient (Wildman–Crippen LogP) is 2.59. The zero-order valence-electron chi connectivity index (χ0n) is 15.7. The van der Waals surface area contributed by atoms with E-state index in [0.717, 1.165) is 17.3 Å². The van der Waals surface area contributed by atoms with E-state index in [0.29, 0.717) is 37.1 Å². The highest BCUT2D eigenvalue weighted by Crippen LogP contribution is 2.22. The third kappa shape index (κ3) is 5.10. The zero-order valence-corrected chi connectivity index (χ0v) is 18.1. The van der Waals surface area contributed by atoms with Gasteiger partial charge in [0.1, 0.15) is 0 Å². The maximum Gasteiger partial charge on any atom is 0.243 e. The maximum absolute atomic E-state index is 12.8. The van der Waals surface area contributed by atoms with Crippen molar-refractivity contribution in [3.8, 4) is 0 Å². The molecule has 1 saturated carbocycles. The molecule has 1 aromatic rings. The second kappa shape index (κ2) is 9.03. The number of carbonyl (C=O) groups excluding carboxylic acids is 1. The number of amides is 1. The fraction of sp³-hybridized carbons (Fsp3) is 0.632. The van der Waals surface area contributed by atoms with Crippen molar-refractivity contribution in [2.24, 2.45) is 0 Å². The van der Waals surface area contributed by atoms with Gasteiger partial charge in [0.25, 0.3) is 0 Å². The second-order valence-electron chi connectivity index (χ2n) is 7.42. The third-order valence-electron chi connectivity index (χ3n) is 5.59. The van der Waals surface area contributed by atoms with Crippen LogP contribution in [0.4, 0.5) is 0 Å². The molecule has 1 heterocycles. The molecule has 8 heteroatoms. The summed E-state index contributed by atoms with van der Waals surface area (Å²) in [5, 5.41) is 3.17. The highest BCUT2D eigenvalue weighted by molar-refractivity contribution is 9.10. The summed E-state index contributed by atoms with van der Waals surface area (Å²) >= 11 is 3.33. The minimum absolute atomic E-state index is 0.0604. The second-order valence-corrected chi connectivity index (χ2v) is 10.3. The van der Waals surface area contributed by atoms with Crippen LogP contribution < -0.4 is 5.32 Å². The molecule has 1 amide bonds. The SMILES string of the molecule is C[C@@H](C(=O)NC1CCCCC1)N1CCN(S(=O)(=O)c2cccc(Br)c2)CC1. The fourth-order valence-corrected chi connectivity index (χ4v) is 5.86. The highest BCUT2D eigenvalue weighted by atomic mass is 79.9. The highest BCUT2D eigenvalue weighted by Gasteiger charge is 2.32. The van der Waals surface area contributed by atoms with Gasteiger partial charge in [0.2, 0.25) is 15.9 Å². The number of hydrogen-bond donors (Lipinski definition) is 1. The lowest BCUT2D eigenvalue weighted by Crippen LogP contribution is -2.55. The van der Waals surface area contributed by atoms with Crippen molar-refractivity contribution in [3.63, 3.8) is 0 Å². The summed E-state index contributed by atoms with van der Waals surface area (Å²) < 4.78 is 27.9. The molecular formula is C19H28BrN3O3S. The lowest BCUT2D eigenvalue weighted by Gasteiger charge is -2.37. The van der Waals surface area contributed by atoms with Crippen molar-refractivity contribution in [3.05, 3.63) is 28.7 Å². The van der Waals surface area contributed by atoms with Crippen LogP contribution in [0.3, 0.4) is 0 Å². The van der Waals surface area contributed by atoms with Gasteiger partial charge >= 0.3 is 0 Å². The monoisotopic (exact) mass is 457 g/mol. The molecule has 0 spiro atoms. The van der Waals surface area contributed by atoms with Crippen molar-refractivity contribution in [2.45, 2.75) is 56.0 Å². The lowest BCUT2D eigenvalue weighted by molar-refractivity contribution is -0.127. The lowest BCUT2D eigenvalue weighted by atomic mass is 9.95. The van der Waals surface area contributed by atoms with E-state index in [1.807, 2.05) is 13.0 Å². The molecule has 3 rings (SSSR count). The molecule has 27 heavy (non-hydrogen) atoms. The van der Waals surface area contributed by atoms with E-state index in [4.69, 9.17) is 0 Å². The number of piperazine rings is 1. The van der Waals surface area contributed by atoms with Gasteiger partial charge in [0, 0.05) is 36.7 Å². The summed E-state index contributed by atoms with van der Waals surface area (Å²) in [7, 11) is -3.50. The van der Waals surface area contributed by atoms with Crippen molar-refractivity contribution in [1.29, 1.82) is 0 Å². The summed E-state index contributed by atoms with van der Waals surface area (Å²) in [6, 6.07) is 6.85. The smallest absolute Gasteiger partial charge is 0.243 e. The summed E-state index contributed by atoms with van der Waals surface area (Å²) in [5.74, 6) is 0.0604. The molecule has 6 nitrogen and oxygen atoms in total. The van der Waals surface area contributed by atoms with E-state index < -0.39 is 10.0 Å². The summed E-state index contributed by atoms with van der Waals surface area (Å²) in [4.78, 5) is 14.9. The van der Waals surface area contributed by atoms with Gasteiger partial charge in [-0.25, -0.2) is 8.42 Å². The van der Waals surface area contributed by atoms with Crippen LogP contribution in [0, 0.1) is 0 Å². The predicted molar refractivity (Wildman–Crippen MR) is 109 cm³/mol. The molecule has 1 aromatic carbocycles. The molecule has 0 unspecified atom stereocenters. The van der Waals surface area contributed by atoms with Crippen molar-refractivity contribution in [1.82, 2.24) is 14.5 Å². The van der Waals surface area contributed by atoms with Gasteiger partial charge in [0.15, 0.2) is 0 Å². The quantitative estimate of drug-likeness (QED) is 0.737. The Balaban J connectivity index is 1.55. The number of sulfonamides is 1. The van der Waals surface area contributed by atoms with E-state index >= 15 is 0 Å². The van der Waals surface area contributed by atoms with Crippen LogP contribution in [0.25, 0.3) is 0 Å². The first kappa shape index (κ1) is 20.8. The summed E-state index contributed by atoms with van der Waals surface area (Å²) in [5.41, 5.74) is 0. The molecule has 0 aromatic heterocycles. The zero-order chi connectivity index (χ0) is 19.4. The summed E-state index contributed by atoms with van der Waals surface area (Å²) in [6.45, 7) is 3.83. The first-order valence-electron chi connectivity index (χ1n) is 9.68. The molecule has 2 fully saturated rings. The fourth-order valence-electron chi connectivity index (χ4n) is 3.84. The van der Waals surface area contributed by atoms with Gasteiger partial charge in [-0.2, -0.15) is 4.31 Å². The minimum Gasteiger partial charge on any atom is -0.352 e. The average Bonchev–Trinajstić information content (AvgIpc) is 2.68. The molecule has 1 saturated heterocycles. The minimum atomic E-state index is -3.50. The van der Waals surface area contributed by atoms with E-state index in [2.05, 4.69) is 26.1 Å². The van der Waals surface area contributed by atoms with Crippen LogP contribution in [0.15, 0.2) is 33.6 Å². The number of halogens is 1. The van der Waals surface area contributed by atoms with E-state index in [1.54, 1.807) is 18.2 Å². The number of nitrogens with one attached hydrogen (secondary N) is 1. The Morgan fingerprint density at radius 2 is 1.81 bits per heavy atom. The Hall–Kier alpha value is -0.960. The van der Waals surface area contributed by atoms with Crippen LogP contribution in [-0.4, -0.2) is 61.8 Å². The molecule has 1 atom stereocenters. The number of benzene rings is 1. The van der Waals surface area contributed by atoms with Gasteiger partial charge in [0.05, 0.1) is 10.9 Å². The first-order valence-corrected chi connectivity index (χ1v) is 11.9. The molecule has 0 bridgehead atoms. The standard InChI is InChI=1S/C19H28BrN3O3S/c1-15(19(24)21-17-7-3-2-4-8-17)22-10-12-23(13-11-22)27(25,26)18-9-5-6-16(20)14-18/h5-6,9,14-15,17H,2-4,7-8,10-13H2,1H3,(H,21,24)/t15-/m0/s1.